The molecule has 2 aromatic rings. The Morgan fingerprint density at radius 2 is 1.79 bits per heavy atom. The molecule has 2 heterocycles. The lowest BCUT2D eigenvalue weighted by molar-refractivity contribution is -0.858. The summed E-state index contributed by atoms with van der Waals surface area (Å²) in [6, 6.07) is 7.91. The highest BCUT2D eigenvalue weighted by Crippen LogP contribution is 2.39. The smallest absolute Gasteiger partial charge is 0.295 e. The normalized spacial score (nSPS) is 18.9. The number of rotatable bonds is 6. The van der Waals surface area contributed by atoms with Gasteiger partial charge in [-0.15, -0.1) is 0 Å². The number of carbonyl (C=O) groups is 2. The van der Waals surface area contributed by atoms with Gasteiger partial charge in [0, 0.05) is 30.9 Å². The number of ketones is 1. The molecule has 3 rings (SSSR count). The molecule has 1 amide bonds. The molecule has 0 unspecified atom stereocenters. The number of aliphatic hydroxyl groups excluding tert-OH is 1. The predicted molar refractivity (Wildman–Crippen MR) is 102 cm³/mol. The van der Waals surface area contributed by atoms with Crippen LogP contribution in [0.4, 0.5) is 4.39 Å². The van der Waals surface area contributed by atoms with Crippen molar-refractivity contribution in [1.82, 2.24) is 9.88 Å². The van der Waals surface area contributed by atoms with Crippen molar-refractivity contribution in [2.75, 3.05) is 27.2 Å². The van der Waals surface area contributed by atoms with Crippen molar-refractivity contribution in [1.29, 1.82) is 0 Å². The summed E-state index contributed by atoms with van der Waals surface area (Å²) in [5.74, 6) is -2.13. The van der Waals surface area contributed by atoms with Crippen molar-refractivity contribution < 1.29 is 24.0 Å². The Morgan fingerprint density at radius 1 is 1.14 bits per heavy atom. The van der Waals surface area contributed by atoms with Gasteiger partial charge in [0.15, 0.2) is 0 Å². The third kappa shape index (κ3) is 3.94. The zero-order valence-corrected chi connectivity index (χ0v) is 15.9. The first kappa shape index (κ1) is 19.7. The van der Waals surface area contributed by atoms with Crippen LogP contribution < -0.4 is 4.90 Å². The number of quaternary nitrogens is 1. The highest BCUT2D eigenvalue weighted by Gasteiger charge is 2.45. The van der Waals surface area contributed by atoms with E-state index < -0.39 is 23.5 Å². The second kappa shape index (κ2) is 8.31. The lowest BCUT2D eigenvalue weighted by atomic mass is 9.96. The summed E-state index contributed by atoms with van der Waals surface area (Å²) in [7, 11) is 4.03. The van der Waals surface area contributed by atoms with E-state index in [1.165, 1.54) is 34.1 Å². The van der Waals surface area contributed by atoms with E-state index in [4.69, 9.17) is 0 Å². The third-order valence-corrected chi connectivity index (χ3v) is 4.76. The second-order valence-corrected chi connectivity index (χ2v) is 7.09. The molecule has 0 saturated carbocycles. The van der Waals surface area contributed by atoms with Gasteiger partial charge in [0.05, 0.1) is 32.3 Å². The third-order valence-electron chi connectivity index (χ3n) is 4.76. The lowest BCUT2D eigenvalue weighted by Gasteiger charge is -2.25. The van der Waals surface area contributed by atoms with Gasteiger partial charge in [-0.1, -0.05) is 0 Å². The van der Waals surface area contributed by atoms with Crippen LogP contribution >= 0.6 is 0 Å². The number of pyridine rings is 1. The van der Waals surface area contributed by atoms with Gasteiger partial charge in [-0.2, -0.15) is 0 Å². The molecule has 1 aromatic heterocycles. The average Bonchev–Trinajstić information content (AvgIpc) is 2.93. The minimum atomic E-state index is -0.735. The highest BCUT2D eigenvalue weighted by molar-refractivity contribution is 6.46. The summed E-state index contributed by atoms with van der Waals surface area (Å²) < 4.78 is 13.2. The molecule has 1 aliphatic heterocycles. The van der Waals surface area contributed by atoms with Crippen LogP contribution in [0.15, 0.2) is 54.4 Å². The number of benzene rings is 1. The standard InChI is InChI=1S/C21H22FN3O3/c1-24(2)12-3-13-25-18(14-8-10-23-11-9-14)17(20(27)21(25)28)19(26)15-4-6-16(22)7-5-15/h4-11,18,26H,3,12-13H2,1-2H3/p+1/t18-/m0/s1. The van der Waals surface area contributed by atoms with Crippen LogP contribution in [0.1, 0.15) is 23.6 Å². The molecular formula is C21H23FN3O3+. The number of aromatic nitrogens is 1. The van der Waals surface area contributed by atoms with Crippen LogP contribution in [0.5, 0.6) is 0 Å². The first-order valence-corrected chi connectivity index (χ1v) is 9.13. The maximum atomic E-state index is 13.2. The first-order chi connectivity index (χ1) is 13.4. The fourth-order valence-electron chi connectivity index (χ4n) is 3.37. The van der Waals surface area contributed by atoms with Crippen molar-refractivity contribution in [3.8, 4) is 0 Å². The van der Waals surface area contributed by atoms with Gasteiger partial charge in [0.1, 0.15) is 11.6 Å². The predicted octanol–water partition coefficient (Wildman–Crippen LogP) is 1.18. The van der Waals surface area contributed by atoms with Crippen molar-refractivity contribution >= 4 is 17.4 Å². The lowest BCUT2D eigenvalue weighted by Crippen LogP contribution is -3.05. The SMILES string of the molecule is C[NH+](C)CCCN1C(=O)C(=O)C(=C(O)c2ccc(F)cc2)[C@@H]1c1ccncc1. The van der Waals surface area contributed by atoms with Crippen LogP contribution in [-0.2, 0) is 9.59 Å². The number of nitrogens with one attached hydrogen (secondary N) is 1. The Kier molecular flexibility index (Phi) is 5.84. The zero-order chi connectivity index (χ0) is 20.3. The van der Waals surface area contributed by atoms with Crippen molar-refractivity contribution in [2.45, 2.75) is 12.5 Å². The van der Waals surface area contributed by atoms with Crippen molar-refractivity contribution in [2.24, 2.45) is 0 Å². The molecule has 7 heteroatoms. The number of hydrogen-bond donors (Lipinski definition) is 2. The largest absolute Gasteiger partial charge is 0.507 e. The molecule has 0 spiro atoms. The maximum absolute atomic E-state index is 13.2. The molecule has 1 saturated heterocycles. The molecule has 6 nitrogen and oxygen atoms in total. The number of hydrogen-bond acceptors (Lipinski definition) is 4. The van der Waals surface area contributed by atoms with Crippen LogP contribution in [0.3, 0.4) is 0 Å². The van der Waals surface area contributed by atoms with Gasteiger partial charge in [-0.3, -0.25) is 14.6 Å². The molecule has 1 aromatic carbocycles. The van der Waals surface area contributed by atoms with Crippen molar-refractivity contribution in [3.05, 3.63) is 71.3 Å². The topological polar surface area (TPSA) is 74.9 Å². The quantitative estimate of drug-likeness (QED) is 0.446. The summed E-state index contributed by atoms with van der Waals surface area (Å²) >= 11 is 0. The Balaban J connectivity index is 2.06. The van der Waals surface area contributed by atoms with Crippen LogP contribution in [0, 0.1) is 5.82 Å². The monoisotopic (exact) mass is 384 g/mol. The van der Waals surface area contributed by atoms with E-state index >= 15 is 0 Å². The summed E-state index contributed by atoms with van der Waals surface area (Å²) in [4.78, 5) is 32.2. The van der Waals surface area contributed by atoms with Crippen LogP contribution in [-0.4, -0.2) is 53.9 Å². The molecule has 146 valence electrons. The minimum absolute atomic E-state index is 0.0139. The number of nitrogens with zero attached hydrogens (tertiary/aromatic N) is 2. The molecular weight excluding hydrogens is 361 g/mol. The molecule has 28 heavy (non-hydrogen) atoms. The summed E-state index contributed by atoms with van der Waals surface area (Å²) in [5, 5.41) is 10.8. The Labute approximate surface area is 162 Å². The molecule has 1 atom stereocenters. The van der Waals surface area contributed by atoms with E-state index in [0.717, 1.165) is 6.54 Å². The summed E-state index contributed by atoms with van der Waals surface area (Å²) in [5.41, 5.74) is 0.992. The van der Waals surface area contributed by atoms with Gasteiger partial charge in [-0.25, -0.2) is 4.39 Å². The minimum Gasteiger partial charge on any atom is -0.507 e. The Bertz CT molecular complexity index is 895. The van der Waals surface area contributed by atoms with E-state index in [2.05, 4.69) is 4.98 Å². The van der Waals surface area contributed by atoms with Gasteiger partial charge in [0.2, 0.25) is 0 Å². The maximum Gasteiger partial charge on any atom is 0.295 e. The van der Waals surface area contributed by atoms with Gasteiger partial charge < -0.3 is 14.9 Å². The van der Waals surface area contributed by atoms with Gasteiger partial charge in [-0.05, 0) is 42.0 Å². The molecule has 0 aliphatic carbocycles. The van der Waals surface area contributed by atoms with E-state index in [-0.39, 0.29) is 16.9 Å². The van der Waals surface area contributed by atoms with Gasteiger partial charge in [0.25, 0.3) is 11.7 Å². The molecule has 1 fully saturated rings. The summed E-state index contributed by atoms with van der Waals surface area (Å²) in [6.07, 6.45) is 3.88. The van der Waals surface area contributed by atoms with Crippen LogP contribution in [0.2, 0.25) is 0 Å². The average molecular weight is 384 g/mol. The number of halogens is 1. The number of aliphatic hydroxyl groups is 1. The van der Waals surface area contributed by atoms with E-state index in [0.29, 0.717) is 18.5 Å². The second-order valence-electron chi connectivity index (χ2n) is 7.09. The fourth-order valence-corrected chi connectivity index (χ4v) is 3.37. The van der Waals surface area contributed by atoms with Gasteiger partial charge >= 0.3 is 0 Å². The summed E-state index contributed by atoms with van der Waals surface area (Å²) in [6.45, 7) is 1.23. The van der Waals surface area contributed by atoms with Crippen molar-refractivity contribution in [3.63, 3.8) is 0 Å². The van der Waals surface area contributed by atoms with E-state index in [1.807, 2.05) is 14.1 Å². The number of Topliss-reactive ketones (excluding diaryl/α,β-unsaturated/α-hetero) is 1. The van der Waals surface area contributed by atoms with E-state index in [9.17, 15) is 19.1 Å². The van der Waals surface area contributed by atoms with Crippen LogP contribution in [0.25, 0.3) is 5.76 Å². The molecule has 0 radical (unpaired) electrons. The van der Waals surface area contributed by atoms with E-state index in [1.54, 1.807) is 24.5 Å². The molecule has 0 bridgehead atoms. The fraction of sp³-hybridized carbons (Fsp3) is 0.286. The Hall–Kier alpha value is -3.06. The number of likely N-dealkylation sites (tertiary alicyclic amines) is 1. The molecule has 1 aliphatic rings. The first-order valence-electron chi connectivity index (χ1n) is 9.13. The highest BCUT2D eigenvalue weighted by atomic mass is 19.1. The number of amides is 1. The zero-order valence-electron chi connectivity index (χ0n) is 15.9. The Morgan fingerprint density at radius 3 is 2.39 bits per heavy atom. The molecule has 2 N–H and O–H groups in total. The number of carbonyl (C=O) groups excluding carboxylic acids is 2.